The average molecular weight is 363 g/mol. The smallest absolute Gasteiger partial charge is 0.274 e. The zero-order valence-corrected chi connectivity index (χ0v) is 15.5. The molecule has 138 valence electrons. The molecule has 8 nitrogen and oxygen atoms in total. The number of nitrogens with zero attached hydrogens (tertiary/aromatic N) is 6. The lowest BCUT2D eigenvalue weighted by molar-refractivity contribution is 0.0779. The highest BCUT2D eigenvalue weighted by atomic mass is 16.2. The molecule has 27 heavy (non-hydrogen) atoms. The van der Waals surface area contributed by atoms with Crippen LogP contribution in [0.4, 0.5) is 0 Å². The van der Waals surface area contributed by atoms with E-state index >= 15 is 0 Å². The number of aromatic nitrogens is 6. The van der Waals surface area contributed by atoms with Crippen molar-refractivity contribution in [2.24, 2.45) is 7.05 Å². The predicted molar refractivity (Wildman–Crippen MR) is 101 cm³/mol. The van der Waals surface area contributed by atoms with Crippen LogP contribution in [0.1, 0.15) is 27.6 Å². The lowest BCUT2D eigenvalue weighted by Crippen LogP contribution is -2.26. The zero-order valence-electron chi connectivity index (χ0n) is 15.5. The van der Waals surface area contributed by atoms with Gasteiger partial charge in [-0.05, 0) is 25.1 Å². The van der Waals surface area contributed by atoms with Gasteiger partial charge in [0, 0.05) is 32.4 Å². The summed E-state index contributed by atoms with van der Waals surface area (Å²) in [6.07, 6.45) is 3.65. The number of hydrogen-bond acceptors (Lipinski definition) is 4. The van der Waals surface area contributed by atoms with Crippen molar-refractivity contribution in [1.82, 2.24) is 34.4 Å². The first kappa shape index (κ1) is 17.0. The molecule has 0 saturated heterocycles. The molecule has 0 saturated carbocycles. The van der Waals surface area contributed by atoms with Crippen LogP contribution in [-0.2, 0) is 20.1 Å². The Bertz CT molecular complexity index is 1100. The van der Waals surface area contributed by atoms with Crippen molar-refractivity contribution in [2.75, 3.05) is 7.05 Å². The van der Waals surface area contributed by atoms with Crippen molar-refractivity contribution < 1.29 is 4.79 Å². The van der Waals surface area contributed by atoms with E-state index in [1.54, 1.807) is 28.9 Å². The summed E-state index contributed by atoms with van der Waals surface area (Å²) >= 11 is 0. The fourth-order valence-electron chi connectivity index (χ4n) is 3.21. The number of carbonyl (C=O) groups excluding carboxylic acids is 1. The highest BCUT2D eigenvalue weighted by Crippen LogP contribution is 2.17. The summed E-state index contributed by atoms with van der Waals surface area (Å²) in [4.78, 5) is 18.9. The molecule has 4 aromatic rings. The number of fused-ring (bicyclic) bond motifs is 1. The fraction of sp³-hybridized carbons (Fsp3) is 0.263. The Hall–Kier alpha value is -3.42. The summed E-state index contributed by atoms with van der Waals surface area (Å²) in [6.45, 7) is 3.04. The van der Waals surface area contributed by atoms with Crippen molar-refractivity contribution in [3.8, 4) is 0 Å². The molecule has 0 aliphatic heterocycles. The molecule has 1 N–H and O–H groups in total. The van der Waals surface area contributed by atoms with Gasteiger partial charge in [-0.1, -0.05) is 12.1 Å². The lowest BCUT2D eigenvalue weighted by atomic mass is 10.2. The molecular weight excluding hydrogens is 342 g/mol. The van der Waals surface area contributed by atoms with Crippen LogP contribution < -0.4 is 0 Å². The van der Waals surface area contributed by atoms with Crippen LogP contribution in [0.25, 0.3) is 11.0 Å². The largest absolute Gasteiger partial charge is 0.336 e. The number of H-pyrrole nitrogens is 1. The minimum absolute atomic E-state index is 0.131. The van der Waals surface area contributed by atoms with Gasteiger partial charge < -0.3 is 9.47 Å². The first-order valence-corrected chi connectivity index (χ1v) is 8.70. The van der Waals surface area contributed by atoms with Crippen molar-refractivity contribution >= 4 is 16.9 Å². The summed E-state index contributed by atoms with van der Waals surface area (Å²) in [5.74, 6) is 0.793. The van der Waals surface area contributed by atoms with Gasteiger partial charge in [-0.25, -0.2) is 4.98 Å². The van der Waals surface area contributed by atoms with E-state index in [-0.39, 0.29) is 5.91 Å². The van der Waals surface area contributed by atoms with Crippen molar-refractivity contribution in [1.29, 1.82) is 0 Å². The highest BCUT2D eigenvalue weighted by Gasteiger charge is 2.17. The van der Waals surface area contributed by atoms with Gasteiger partial charge in [0.2, 0.25) is 0 Å². The van der Waals surface area contributed by atoms with Gasteiger partial charge in [0.25, 0.3) is 5.91 Å². The molecule has 4 rings (SSSR count). The van der Waals surface area contributed by atoms with Gasteiger partial charge in [-0.2, -0.15) is 10.2 Å². The van der Waals surface area contributed by atoms with Gasteiger partial charge in [0.15, 0.2) is 0 Å². The molecule has 3 heterocycles. The summed E-state index contributed by atoms with van der Waals surface area (Å²) in [5, 5.41) is 11.3. The van der Waals surface area contributed by atoms with Crippen molar-refractivity contribution in [2.45, 2.75) is 20.0 Å². The Morgan fingerprint density at radius 1 is 1.30 bits per heavy atom. The molecule has 0 spiro atoms. The third-order valence-corrected chi connectivity index (χ3v) is 4.55. The summed E-state index contributed by atoms with van der Waals surface area (Å²) in [7, 11) is 3.62. The van der Waals surface area contributed by atoms with Crippen LogP contribution in [0.5, 0.6) is 0 Å². The number of para-hydroxylation sites is 2. The second-order valence-electron chi connectivity index (χ2n) is 6.70. The van der Waals surface area contributed by atoms with E-state index < -0.39 is 0 Å². The maximum absolute atomic E-state index is 12.6. The van der Waals surface area contributed by atoms with Crippen LogP contribution >= 0.6 is 0 Å². The second kappa shape index (κ2) is 6.71. The maximum atomic E-state index is 12.6. The molecular formula is C19H21N7O. The SMILES string of the molecule is Cc1nc2ccccc2n1Cc1cc(C(=O)N(C)Cc2cnn(C)c2)n[nH]1. The Morgan fingerprint density at radius 3 is 2.89 bits per heavy atom. The third-order valence-electron chi connectivity index (χ3n) is 4.55. The number of hydrogen-bond donors (Lipinski definition) is 1. The zero-order chi connectivity index (χ0) is 19.0. The molecule has 0 aliphatic carbocycles. The van der Waals surface area contributed by atoms with E-state index in [1.807, 2.05) is 44.4 Å². The molecule has 8 heteroatoms. The number of carbonyl (C=O) groups is 1. The van der Waals surface area contributed by atoms with E-state index in [4.69, 9.17) is 0 Å². The first-order valence-electron chi connectivity index (χ1n) is 8.70. The Labute approximate surface area is 156 Å². The molecule has 0 bridgehead atoms. The van der Waals surface area contributed by atoms with Crippen LogP contribution in [-0.4, -0.2) is 47.4 Å². The number of imidazole rings is 1. The number of aromatic amines is 1. The normalized spacial score (nSPS) is 11.2. The van der Waals surface area contributed by atoms with Gasteiger partial charge in [0.1, 0.15) is 11.5 Å². The van der Waals surface area contributed by atoms with E-state index in [2.05, 4.69) is 24.8 Å². The standard InChI is InChI=1S/C19H21N7O/c1-13-21-16-6-4-5-7-18(16)26(13)12-15-8-17(23-22-15)19(27)24(2)10-14-9-20-25(3)11-14/h4-9,11H,10,12H2,1-3H3,(H,22,23). The van der Waals surface area contributed by atoms with Crippen LogP contribution in [0.2, 0.25) is 0 Å². The van der Waals surface area contributed by atoms with Gasteiger partial charge in [-0.15, -0.1) is 0 Å². The fourth-order valence-corrected chi connectivity index (χ4v) is 3.21. The molecule has 0 radical (unpaired) electrons. The molecule has 1 aromatic carbocycles. The quantitative estimate of drug-likeness (QED) is 0.589. The topological polar surface area (TPSA) is 84.6 Å². The number of benzene rings is 1. The van der Waals surface area contributed by atoms with Crippen LogP contribution in [0, 0.1) is 6.92 Å². The molecule has 0 fully saturated rings. The van der Waals surface area contributed by atoms with E-state index in [0.29, 0.717) is 18.8 Å². The highest BCUT2D eigenvalue weighted by molar-refractivity contribution is 5.92. The number of aryl methyl sites for hydroxylation is 2. The molecule has 0 unspecified atom stereocenters. The Kier molecular flexibility index (Phi) is 4.23. The van der Waals surface area contributed by atoms with E-state index in [9.17, 15) is 4.79 Å². The first-order chi connectivity index (χ1) is 13.0. The maximum Gasteiger partial charge on any atom is 0.274 e. The van der Waals surface area contributed by atoms with Gasteiger partial charge >= 0.3 is 0 Å². The molecule has 0 atom stereocenters. The van der Waals surface area contributed by atoms with Crippen LogP contribution in [0.15, 0.2) is 42.7 Å². The average Bonchev–Trinajstić information content (AvgIpc) is 3.35. The number of rotatable bonds is 5. The minimum Gasteiger partial charge on any atom is -0.336 e. The van der Waals surface area contributed by atoms with E-state index in [0.717, 1.165) is 28.1 Å². The Morgan fingerprint density at radius 2 is 2.11 bits per heavy atom. The summed E-state index contributed by atoms with van der Waals surface area (Å²) in [6, 6.07) is 9.81. The third kappa shape index (κ3) is 3.33. The lowest BCUT2D eigenvalue weighted by Gasteiger charge is -2.14. The second-order valence-corrected chi connectivity index (χ2v) is 6.70. The van der Waals surface area contributed by atoms with Crippen molar-refractivity contribution in [3.05, 3.63) is 65.5 Å². The van der Waals surface area contributed by atoms with Gasteiger partial charge in [0.05, 0.1) is 29.5 Å². The molecule has 3 aromatic heterocycles. The van der Waals surface area contributed by atoms with Crippen LogP contribution in [0.3, 0.4) is 0 Å². The van der Waals surface area contributed by atoms with E-state index in [1.165, 1.54) is 0 Å². The summed E-state index contributed by atoms with van der Waals surface area (Å²) in [5.41, 5.74) is 4.26. The number of nitrogens with one attached hydrogen (secondary N) is 1. The number of amides is 1. The minimum atomic E-state index is -0.131. The predicted octanol–water partition coefficient (Wildman–Crippen LogP) is 2.12. The molecule has 0 aliphatic rings. The molecule has 1 amide bonds. The van der Waals surface area contributed by atoms with Gasteiger partial charge in [-0.3, -0.25) is 14.6 Å². The summed E-state index contributed by atoms with van der Waals surface area (Å²) < 4.78 is 3.83. The monoisotopic (exact) mass is 363 g/mol. The van der Waals surface area contributed by atoms with Crippen molar-refractivity contribution in [3.63, 3.8) is 0 Å². The Balaban J connectivity index is 1.51.